The fraction of sp³-hybridized carbons (Fsp3) is 0.667. The third kappa shape index (κ3) is 16.6. The van der Waals surface area contributed by atoms with E-state index in [0.717, 1.165) is 0 Å². The van der Waals surface area contributed by atoms with Crippen LogP contribution < -0.4 is 0 Å². The highest BCUT2D eigenvalue weighted by Gasteiger charge is 2.33. The molecule has 2 N–H and O–H groups in total. The van der Waals surface area contributed by atoms with E-state index in [2.05, 4.69) is 63.7 Å². The Morgan fingerprint density at radius 1 is 0.721 bits per heavy atom. The Kier molecular flexibility index (Phi) is 23.8. The molecule has 0 bridgehead atoms. The van der Waals surface area contributed by atoms with Gasteiger partial charge in [0.15, 0.2) is 0 Å². The molecule has 4 atom stereocenters. The fourth-order valence-corrected chi connectivity index (χ4v) is 7.13. The molecule has 0 saturated heterocycles. The van der Waals surface area contributed by atoms with Crippen LogP contribution in [0.4, 0.5) is 0 Å². The van der Waals surface area contributed by atoms with Gasteiger partial charge < -0.3 is 24.4 Å². The van der Waals surface area contributed by atoms with Crippen LogP contribution in [0.15, 0.2) is 17.9 Å². The molecular weight excluding hydrogens is 921 g/mol. The maximum atomic E-state index is 12.5. The Labute approximate surface area is 300 Å². The topological polar surface area (TPSA) is 147 Å². The predicted octanol–water partition coefficient (Wildman–Crippen LogP) is 7.47. The van der Waals surface area contributed by atoms with Crippen LogP contribution in [-0.2, 0) is 32.3 Å². The molecule has 0 radical (unpaired) electrons. The highest BCUT2D eigenvalue weighted by atomic mass is 79.9. The fourth-order valence-electron chi connectivity index (χ4n) is 2.54. The van der Waals surface area contributed by atoms with Crippen molar-refractivity contribution < 1.29 is 52.1 Å². The molecule has 1 aromatic carbocycles. The van der Waals surface area contributed by atoms with Gasteiger partial charge in [-0.1, -0.05) is 0 Å². The number of carbonyl (C=O) groups excluding carboxylic acids is 2. The van der Waals surface area contributed by atoms with E-state index in [4.69, 9.17) is 67.7 Å². The summed E-state index contributed by atoms with van der Waals surface area (Å²) in [7, 11) is -3.69. The number of hydrogen-bond acceptors (Lipinski definition) is 11. The van der Waals surface area contributed by atoms with Crippen molar-refractivity contribution in [3.8, 4) is 0 Å². The van der Waals surface area contributed by atoms with Gasteiger partial charge in [0.1, 0.15) is 13.2 Å². The zero-order valence-corrected chi connectivity index (χ0v) is 33.1. The number of hydrogen-bond donors (Lipinski definition) is 2. The first-order valence-corrected chi connectivity index (χ1v) is 18.7. The van der Waals surface area contributed by atoms with Crippen LogP contribution in [0.2, 0.25) is 0 Å². The average Bonchev–Trinajstić information content (AvgIpc) is 2.95. The van der Waals surface area contributed by atoms with Gasteiger partial charge in [0.2, 0.25) is 0 Å². The smallest absolute Gasteiger partial charge is 0.460 e. The van der Waals surface area contributed by atoms with E-state index in [1.807, 2.05) is 0 Å². The molecule has 0 aromatic heterocycles. The van der Waals surface area contributed by atoms with E-state index in [9.17, 15) is 19.3 Å². The monoisotopic (exact) mass is 950 g/mol. The molecule has 250 valence electrons. The molecule has 0 spiro atoms. The average molecular weight is 955 g/mol. The highest BCUT2D eigenvalue weighted by molar-refractivity contribution is 9.15. The summed E-state index contributed by atoms with van der Waals surface area (Å²) in [6, 6.07) is 0. The Balaban J connectivity index is 0.000000901. The van der Waals surface area contributed by atoms with Crippen molar-refractivity contribution in [1.29, 1.82) is 0 Å². The number of halogens is 7. The van der Waals surface area contributed by atoms with Crippen molar-refractivity contribution in [3.63, 3.8) is 0 Å². The molecule has 19 heteroatoms. The van der Waals surface area contributed by atoms with Gasteiger partial charge in [-0.15, -0.1) is 34.8 Å². The lowest BCUT2D eigenvalue weighted by molar-refractivity contribution is 0.0235. The van der Waals surface area contributed by atoms with E-state index in [1.54, 1.807) is 20.8 Å². The standard InChI is InChI=1S/C15H16Br4O7.C9H18Cl3O4P/c1-7(21)6-26-15(23)9-8(10(16)12(18)13(19)11(9)17)14(22)25-5-4-24-3-2-20;1-7(4-10)14-17(13,15-8(2)5-11)16-9(3)6-12/h7,20-21H,2-6H2,1H3;7-9H,4-6H2,1-3H3. The molecular formula is C24H34Br4Cl3O11P. The summed E-state index contributed by atoms with van der Waals surface area (Å²) in [5, 5.41) is 17.9. The number of ether oxygens (including phenoxy) is 3. The van der Waals surface area contributed by atoms with Crippen LogP contribution in [0.1, 0.15) is 48.4 Å². The normalized spacial score (nSPS) is 15.4. The summed E-state index contributed by atoms with van der Waals surface area (Å²) in [4.78, 5) is 25.0. The number of alkyl halides is 3. The van der Waals surface area contributed by atoms with Crippen molar-refractivity contribution in [1.82, 2.24) is 0 Å². The predicted molar refractivity (Wildman–Crippen MR) is 179 cm³/mol. The number of esters is 2. The Bertz CT molecular complexity index is 1030. The summed E-state index contributed by atoms with van der Waals surface area (Å²) >= 11 is 30.0. The van der Waals surface area contributed by atoms with Crippen LogP contribution in [0, 0.1) is 0 Å². The minimum Gasteiger partial charge on any atom is -0.460 e. The third-order valence-electron chi connectivity index (χ3n) is 4.41. The Hall–Kier alpha value is 0.940. The first kappa shape index (κ1) is 43.9. The van der Waals surface area contributed by atoms with Gasteiger partial charge in [-0.25, -0.2) is 14.2 Å². The van der Waals surface area contributed by atoms with Gasteiger partial charge in [0.25, 0.3) is 0 Å². The zero-order chi connectivity index (χ0) is 33.3. The minimum absolute atomic E-state index is 0.0373. The SMILES string of the molecule is CC(CCl)OP(=O)(OC(C)CCl)OC(C)CCl.CC(O)COC(=O)c1c(Br)c(Br)c(Br)c(Br)c1C(=O)OCCOCCO. The third-order valence-corrected chi connectivity index (χ3v) is 12.3. The summed E-state index contributed by atoms with van der Waals surface area (Å²) in [5.74, 6) is -1.01. The van der Waals surface area contributed by atoms with Gasteiger partial charge in [0, 0.05) is 35.5 Å². The minimum atomic E-state index is -3.69. The van der Waals surface area contributed by atoms with Crippen molar-refractivity contribution in [2.45, 2.75) is 52.1 Å². The highest BCUT2D eigenvalue weighted by Crippen LogP contribution is 2.53. The molecule has 1 rings (SSSR count). The van der Waals surface area contributed by atoms with Crippen molar-refractivity contribution in [2.24, 2.45) is 0 Å². The molecule has 0 saturated carbocycles. The van der Waals surface area contributed by atoms with Crippen LogP contribution in [-0.4, -0.2) is 97.2 Å². The zero-order valence-electron chi connectivity index (χ0n) is 23.6. The molecule has 0 heterocycles. The first-order chi connectivity index (χ1) is 20.1. The lowest BCUT2D eigenvalue weighted by Gasteiger charge is -2.25. The maximum absolute atomic E-state index is 12.5. The Morgan fingerprint density at radius 2 is 1.12 bits per heavy atom. The van der Waals surface area contributed by atoms with Gasteiger partial charge in [-0.3, -0.25) is 13.6 Å². The van der Waals surface area contributed by atoms with Crippen LogP contribution in [0.5, 0.6) is 0 Å². The van der Waals surface area contributed by atoms with Crippen molar-refractivity contribution in [3.05, 3.63) is 29.0 Å². The number of phosphoric ester groups is 1. The number of carbonyl (C=O) groups is 2. The lowest BCUT2D eigenvalue weighted by atomic mass is 10.1. The second-order valence-electron chi connectivity index (χ2n) is 8.58. The second kappa shape index (κ2) is 23.3. The van der Waals surface area contributed by atoms with E-state index >= 15 is 0 Å². The molecule has 1 aromatic rings. The Morgan fingerprint density at radius 3 is 1.47 bits per heavy atom. The molecule has 0 fully saturated rings. The number of phosphoric acid groups is 1. The number of benzene rings is 1. The van der Waals surface area contributed by atoms with E-state index in [0.29, 0.717) is 17.9 Å². The van der Waals surface area contributed by atoms with Gasteiger partial charge in [-0.2, -0.15) is 0 Å². The van der Waals surface area contributed by atoms with Gasteiger partial charge in [-0.05, 0) is 91.4 Å². The largest absolute Gasteiger partial charge is 0.475 e. The second-order valence-corrected chi connectivity index (χ2v) is 14.2. The number of aliphatic hydroxyl groups is 2. The summed E-state index contributed by atoms with van der Waals surface area (Å²) < 4.78 is 44.6. The number of rotatable bonds is 18. The van der Waals surface area contributed by atoms with E-state index in [1.165, 1.54) is 6.92 Å². The molecule has 0 amide bonds. The lowest BCUT2D eigenvalue weighted by Crippen LogP contribution is -2.21. The van der Waals surface area contributed by atoms with Gasteiger partial charge in [0.05, 0.1) is 55.4 Å². The summed E-state index contributed by atoms with van der Waals surface area (Å²) in [6.45, 7) is 6.30. The number of aliphatic hydroxyl groups excluding tert-OH is 2. The van der Waals surface area contributed by atoms with Crippen molar-refractivity contribution >= 4 is 118 Å². The molecule has 4 unspecified atom stereocenters. The molecule has 0 aliphatic heterocycles. The summed E-state index contributed by atoms with van der Waals surface area (Å²) in [6.07, 6.45) is -2.20. The van der Waals surface area contributed by atoms with Crippen LogP contribution in [0.25, 0.3) is 0 Å². The van der Waals surface area contributed by atoms with Crippen LogP contribution in [0.3, 0.4) is 0 Å². The van der Waals surface area contributed by atoms with E-state index < -0.39 is 44.2 Å². The van der Waals surface area contributed by atoms with E-state index in [-0.39, 0.29) is 61.8 Å². The maximum Gasteiger partial charge on any atom is 0.475 e. The molecule has 0 aliphatic carbocycles. The molecule has 43 heavy (non-hydrogen) atoms. The first-order valence-electron chi connectivity index (χ1n) is 12.5. The molecule has 11 nitrogen and oxygen atoms in total. The van der Waals surface area contributed by atoms with Crippen LogP contribution >= 0.6 is 106 Å². The van der Waals surface area contributed by atoms with Gasteiger partial charge >= 0.3 is 19.8 Å². The quantitative estimate of drug-likeness (QED) is 0.0378. The molecule has 0 aliphatic rings. The summed E-state index contributed by atoms with van der Waals surface area (Å²) in [5.41, 5.74) is -0.0847. The van der Waals surface area contributed by atoms with Crippen molar-refractivity contribution in [2.75, 3.05) is 50.7 Å².